The topological polar surface area (TPSA) is 33.1 Å². The van der Waals surface area contributed by atoms with E-state index in [1.54, 1.807) is 0 Å². The third-order valence-corrected chi connectivity index (χ3v) is 8.21. The normalized spacial score (nSPS) is 25.7. The monoisotopic (exact) mass is 436 g/mol. The Bertz CT molecular complexity index is 909. The predicted octanol–water partition coefficient (Wildman–Crippen LogP) is 6.31. The van der Waals surface area contributed by atoms with Crippen LogP contribution in [-0.2, 0) is 0 Å². The largest absolute Gasteiger partial charge is 0.352 e. The van der Waals surface area contributed by atoms with Crippen LogP contribution in [0.5, 0.6) is 0 Å². The van der Waals surface area contributed by atoms with Gasteiger partial charge in [0.2, 0.25) is 0 Å². The van der Waals surface area contributed by atoms with Gasteiger partial charge >= 0.3 is 0 Å². The SMILES string of the molecule is Cc1cc([C@H]2[C@H](c3ccccn3)NC(=S)N2C2CCCCC2)c(C)n1C1CCCCC1. The van der Waals surface area contributed by atoms with Crippen LogP contribution in [0.4, 0.5) is 0 Å². The summed E-state index contributed by atoms with van der Waals surface area (Å²) < 4.78 is 2.64. The van der Waals surface area contributed by atoms with Crippen LogP contribution in [0, 0.1) is 13.8 Å². The quantitative estimate of drug-likeness (QED) is 0.569. The molecule has 1 N–H and O–H groups in total. The van der Waals surface area contributed by atoms with E-state index in [0.717, 1.165) is 10.8 Å². The van der Waals surface area contributed by atoms with E-state index < -0.39 is 0 Å². The summed E-state index contributed by atoms with van der Waals surface area (Å²) >= 11 is 5.96. The summed E-state index contributed by atoms with van der Waals surface area (Å²) in [6.07, 6.45) is 15.1. The van der Waals surface area contributed by atoms with Gasteiger partial charge in [-0.1, -0.05) is 44.6 Å². The summed E-state index contributed by atoms with van der Waals surface area (Å²) in [5.74, 6) is 0. The summed E-state index contributed by atoms with van der Waals surface area (Å²) in [4.78, 5) is 7.30. The van der Waals surface area contributed by atoms with Crippen molar-refractivity contribution < 1.29 is 0 Å². The minimum absolute atomic E-state index is 0.107. The summed E-state index contributed by atoms with van der Waals surface area (Å²) in [5.41, 5.74) is 5.37. The van der Waals surface area contributed by atoms with Gasteiger partial charge in [0.15, 0.2) is 5.11 Å². The Labute approximate surface area is 192 Å². The van der Waals surface area contributed by atoms with Crippen molar-refractivity contribution in [3.8, 4) is 0 Å². The first kappa shape index (κ1) is 21.0. The molecule has 1 saturated heterocycles. The summed E-state index contributed by atoms with van der Waals surface area (Å²) in [7, 11) is 0. The van der Waals surface area contributed by atoms with Gasteiger partial charge in [-0.25, -0.2) is 0 Å². The van der Waals surface area contributed by atoms with Crippen molar-refractivity contribution in [3.05, 3.63) is 53.1 Å². The fourth-order valence-corrected chi connectivity index (χ4v) is 6.84. The smallest absolute Gasteiger partial charge is 0.170 e. The Hall–Kier alpha value is -1.88. The zero-order chi connectivity index (χ0) is 21.4. The van der Waals surface area contributed by atoms with Gasteiger partial charge in [0.25, 0.3) is 0 Å². The number of nitrogens with zero attached hydrogens (tertiary/aromatic N) is 3. The Morgan fingerprint density at radius 3 is 2.26 bits per heavy atom. The maximum atomic E-state index is 5.96. The van der Waals surface area contributed by atoms with E-state index in [4.69, 9.17) is 17.2 Å². The molecule has 1 aliphatic heterocycles. The lowest BCUT2D eigenvalue weighted by Crippen LogP contribution is -2.40. The van der Waals surface area contributed by atoms with Gasteiger partial charge in [-0.15, -0.1) is 0 Å². The Balaban J connectivity index is 1.57. The van der Waals surface area contributed by atoms with Crippen molar-refractivity contribution in [2.75, 3.05) is 0 Å². The zero-order valence-electron chi connectivity index (χ0n) is 19.0. The van der Waals surface area contributed by atoms with Crippen LogP contribution in [0.3, 0.4) is 0 Å². The molecule has 31 heavy (non-hydrogen) atoms. The van der Waals surface area contributed by atoms with E-state index >= 15 is 0 Å². The molecule has 2 aromatic rings. The van der Waals surface area contributed by atoms with Crippen LogP contribution in [0.25, 0.3) is 0 Å². The van der Waals surface area contributed by atoms with E-state index in [1.807, 2.05) is 12.3 Å². The fourth-order valence-electron chi connectivity index (χ4n) is 6.45. The number of nitrogens with one attached hydrogen (secondary N) is 1. The average Bonchev–Trinajstić information content (AvgIpc) is 3.30. The molecule has 2 saturated carbocycles. The van der Waals surface area contributed by atoms with Crippen molar-refractivity contribution in [3.63, 3.8) is 0 Å². The van der Waals surface area contributed by atoms with Crippen LogP contribution < -0.4 is 5.32 Å². The highest BCUT2D eigenvalue weighted by atomic mass is 32.1. The van der Waals surface area contributed by atoms with E-state index in [-0.39, 0.29) is 12.1 Å². The molecule has 5 rings (SSSR count). The molecule has 0 bridgehead atoms. The molecule has 0 unspecified atom stereocenters. The number of thiocarbonyl (C=S) groups is 1. The second-order valence-corrected chi connectivity index (χ2v) is 10.2. The summed E-state index contributed by atoms with van der Waals surface area (Å²) in [5, 5.41) is 4.60. The molecule has 166 valence electrons. The minimum atomic E-state index is 0.107. The van der Waals surface area contributed by atoms with Crippen molar-refractivity contribution >= 4 is 17.3 Å². The summed E-state index contributed by atoms with van der Waals surface area (Å²) in [6, 6.07) is 10.2. The maximum absolute atomic E-state index is 5.96. The number of hydrogen-bond acceptors (Lipinski definition) is 2. The van der Waals surface area contributed by atoms with E-state index in [2.05, 4.69) is 46.8 Å². The molecule has 4 nitrogen and oxygen atoms in total. The van der Waals surface area contributed by atoms with Crippen LogP contribution in [0.1, 0.15) is 105 Å². The standard InChI is InChI=1S/C26H36N4S/c1-18-17-22(19(2)29(18)20-11-5-3-6-12-20)25-24(23-15-9-10-16-27-23)28-26(31)30(25)21-13-7-4-8-14-21/h9-10,15-17,20-21,24-25H,3-8,11-14H2,1-2H3,(H,28,31)/t24-,25-/m0/s1. The van der Waals surface area contributed by atoms with Gasteiger partial charge in [-0.3, -0.25) is 4.98 Å². The van der Waals surface area contributed by atoms with Crippen molar-refractivity contribution in [1.82, 2.24) is 19.8 Å². The van der Waals surface area contributed by atoms with Crippen LogP contribution >= 0.6 is 12.2 Å². The molecule has 3 fully saturated rings. The molecule has 2 atom stereocenters. The number of aryl methyl sites for hydroxylation is 1. The van der Waals surface area contributed by atoms with Crippen molar-refractivity contribution in [1.29, 1.82) is 0 Å². The van der Waals surface area contributed by atoms with Gasteiger partial charge in [-0.2, -0.15) is 0 Å². The Kier molecular flexibility index (Phi) is 6.05. The third-order valence-electron chi connectivity index (χ3n) is 7.89. The lowest BCUT2D eigenvalue weighted by molar-refractivity contribution is 0.196. The number of pyridine rings is 1. The number of aromatic nitrogens is 2. The summed E-state index contributed by atoms with van der Waals surface area (Å²) in [6.45, 7) is 4.64. The van der Waals surface area contributed by atoms with Crippen LogP contribution in [0.2, 0.25) is 0 Å². The molecule has 3 heterocycles. The van der Waals surface area contributed by atoms with Crippen molar-refractivity contribution in [2.24, 2.45) is 0 Å². The van der Waals surface area contributed by atoms with Gasteiger partial charge in [-0.05, 0) is 75.5 Å². The van der Waals surface area contributed by atoms with Gasteiger partial charge in [0.05, 0.1) is 17.8 Å². The second kappa shape index (κ2) is 8.93. The molecular formula is C26H36N4S. The van der Waals surface area contributed by atoms with Gasteiger partial charge in [0.1, 0.15) is 0 Å². The molecule has 2 aliphatic carbocycles. The molecule has 3 aliphatic rings. The first-order valence-corrected chi connectivity index (χ1v) is 12.7. The first-order valence-electron chi connectivity index (χ1n) is 12.3. The van der Waals surface area contributed by atoms with Crippen LogP contribution in [-0.4, -0.2) is 25.6 Å². The third kappa shape index (κ3) is 3.90. The predicted molar refractivity (Wildman–Crippen MR) is 130 cm³/mol. The van der Waals surface area contributed by atoms with E-state index in [9.17, 15) is 0 Å². The number of rotatable bonds is 4. The highest BCUT2D eigenvalue weighted by Crippen LogP contribution is 2.45. The zero-order valence-corrected chi connectivity index (χ0v) is 19.8. The average molecular weight is 437 g/mol. The molecule has 0 amide bonds. The lowest BCUT2D eigenvalue weighted by Gasteiger charge is -2.37. The Morgan fingerprint density at radius 1 is 0.935 bits per heavy atom. The minimum Gasteiger partial charge on any atom is -0.352 e. The molecule has 0 radical (unpaired) electrons. The highest BCUT2D eigenvalue weighted by Gasteiger charge is 2.44. The first-order chi connectivity index (χ1) is 15.1. The Morgan fingerprint density at radius 2 is 1.61 bits per heavy atom. The highest BCUT2D eigenvalue weighted by molar-refractivity contribution is 7.80. The molecule has 2 aromatic heterocycles. The van der Waals surface area contributed by atoms with Crippen LogP contribution in [0.15, 0.2) is 30.5 Å². The maximum Gasteiger partial charge on any atom is 0.170 e. The number of hydrogen-bond donors (Lipinski definition) is 1. The molecule has 5 heteroatoms. The molecule has 0 aromatic carbocycles. The fraction of sp³-hybridized carbons (Fsp3) is 0.615. The van der Waals surface area contributed by atoms with E-state index in [1.165, 1.54) is 81.2 Å². The molecule has 0 spiro atoms. The van der Waals surface area contributed by atoms with Gasteiger partial charge < -0.3 is 14.8 Å². The molecular weight excluding hydrogens is 400 g/mol. The lowest BCUT2D eigenvalue weighted by atomic mass is 9.90. The van der Waals surface area contributed by atoms with E-state index in [0.29, 0.717) is 12.1 Å². The second-order valence-electron chi connectivity index (χ2n) is 9.81. The van der Waals surface area contributed by atoms with Gasteiger partial charge in [0, 0.05) is 29.7 Å². The van der Waals surface area contributed by atoms with Crippen molar-refractivity contribution in [2.45, 2.75) is 102 Å².